The number of hydrogen-bond acceptors (Lipinski definition) is 3. The fourth-order valence-corrected chi connectivity index (χ4v) is 3.27. The average Bonchev–Trinajstić information content (AvgIpc) is 2.62. The summed E-state index contributed by atoms with van der Waals surface area (Å²) in [5, 5.41) is 3.67. The number of nitrogens with two attached hydrogens (primary N) is 1. The maximum absolute atomic E-state index is 5.81. The second-order valence-electron chi connectivity index (χ2n) is 6.96. The third-order valence-corrected chi connectivity index (χ3v) is 4.78. The normalized spacial score (nSPS) is 34.9. The summed E-state index contributed by atoms with van der Waals surface area (Å²) in [4.78, 5) is 2.46. The number of likely N-dealkylation sites (tertiary alicyclic amines) is 1. The van der Waals surface area contributed by atoms with Crippen LogP contribution < -0.4 is 11.1 Å². The summed E-state index contributed by atoms with van der Waals surface area (Å²) in [6, 6.07) is 0.485. The van der Waals surface area contributed by atoms with Gasteiger partial charge in [-0.1, -0.05) is 13.8 Å². The Morgan fingerprint density at radius 2 is 2.06 bits per heavy atom. The van der Waals surface area contributed by atoms with E-state index in [1.807, 2.05) is 0 Å². The van der Waals surface area contributed by atoms with Gasteiger partial charge in [-0.25, -0.2) is 0 Å². The molecule has 2 fully saturated rings. The van der Waals surface area contributed by atoms with E-state index in [2.05, 4.69) is 31.1 Å². The lowest BCUT2D eigenvalue weighted by Gasteiger charge is -2.36. The summed E-state index contributed by atoms with van der Waals surface area (Å²) in [5.41, 5.74) is 6.24. The Bertz CT molecular complexity index is 246. The molecule has 0 radical (unpaired) electrons. The Morgan fingerprint density at radius 1 is 1.35 bits per heavy atom. The van der Waals surface area contributed by atoms with E-state index < -0.39 is 0 Å². The highest BCUT2D eigenvalue weighted by Gasteiger charge is 2.34. The van der Waals surface area contributed by atoms with Gasteiger partial charge in [-0.3, -0.25) is 0 Å². The van der Waals surface area contributed by atoms with Gasteiger partial charge in [0.15, 0.2) is 0 Å². The Hall–Kier alpha value is -0.120. The van der Waals surface area contributed by atoms with Crippen molar-refractivity contribution in [3.05, 3.63) is 0 Å². The fraction of sp³-hybridized carbons (Fsp3) is 1.00. The highest BCUT2D eigenvalue weighted by Crippen LogP contribution is 2.33. The average molecular weight is 239 g/mol. The molecule has 0 aromatic carbocycles. The lowest BCUT2D eigenvalue weighted by molar-refractivity contribution is 0.189. The minimum atomic E-state index is 0.427. The molecule has 1 atom stereocenters. The van der Waals surface area contributed by atoms with Crippen molar-refractivity contribution in [3.63, 3.8) is 0 Å². The maximum Gasteiger partial charge on any atom is 0.00450 e. The zero-order valence-corrected chi connectivity index (χ0v) is 11.7. The molecule has 2 rings (SSSR count). The predicted molar refractivity (Wildman–Crippen MR) is 73.0 cm³/mol. The zero-order chi connectivity index (χ0) is 12.5. The minimum absolute atomic E-state index is 0.427. The van der Waals surface area contributed by atoms with Crippen LogP contribution in [0.4, 0.5) is 0 Å². The van der Waals surface area contributed by atoms with Gasteiger partial charge < -0.3 is 16.0 Å². The standard InChI is InChI=1S/C14H29N3/c1-14(2,12-4-5-17(3)9-12)10-16-8-11-6-13(15)7-11/h11-13,16H,4-10,15H2,1-3H3. The van der Waals surface area contributed by atoms with E-state index in [1.165, 1.54) is 38.9 Å². The van der Waals surface area contributed by atoms with Gasteiger partial charge in [-0.2, -0.15) is 0 Å². The van der Waals surface area contributed by atoms with Gasteiger partial charge >= 0.3 is 0 Å². The van der Waals surface area contributed by atoms with Crippen molar-refractivity contribution in [1.82, 2.24) is 10.2 Å². The first-order chi connectivity index (χ1) is 7.97. The van der Waals surface area contributed by atoms with E-state index in [4.69, 9.17) is 5.73 Å². The minimum Gasteiger partial charge on any atom is -0.328 e. The molecule has 0 bridgehead atoms. The molecule has 0 amide bonds. The Balaban J connectivity index is 1.66. The molecule has 3 nitrogen and oxygen atoms in total. The Labute approximate surface area is 106 Å². The summed E-state index contributed by atoms with van der Waals surface area (Å²) in [6.07, 6.45) is 3.80. The summed E-state index contributed by atoms with van der Waals surface area (Å²) >= 11 is 0. The van der Waals surface area contributed by atoms with Crippen LogP contribution in [0.1, 0.15) is 33.1 Å². The Kier molecular flexibility index (Phi) is 4.11. The summed E-state index contributed by atoms with van der Waals surface area (Å²) < 4.78 is 0. The molecule has 1 unspecified atom stereocenters. The van der Waals surface area contributed by atoms with E-state index >= 15 is 0 Å². The molecule has 0 spiro atoms. The molecule has 1 aliphatic carbocycles. The van der Waals surface area contributed by atoms with Crippen molar-refractivity contribution < 1.29 is 0 Å². The number of nitrogens with zero attached hydrogens (tertiary/aromatic N) is 1. The summed E-state index contributed by atoms with van der Waals surface area (Å²) in [7, 11) is 2.24. The van der Waals surface area contributed by atoms with Gasteiger partial charge in [0.2, 0.25) is 0 Å². The van der Waals surface area contributed by atoms with E-state index in [9.17, 15) is 0 Å². The number of hydrogen-bond donors (Lipinski definition) is 2. The first-order valence-corrected chi connectivity index (χ1v) is 7.12. The lowest BCUT2D eigenvalue weighted by atomic mass is 9.77. The predicted octanol–water partition coefficient (Wildman–Crippen LogP) is 1.29. The van der Waals surface area contributed by atoms with Gasteiger partial charge in [0, 0.05) is 19.1 Å². The van der Waals surface area contributed by atoms with Crippen molar-refractivity contribution in [3.8, 4) is 0 Å². The molecular formula is C14H29N3. The second-order valence-corrected chi connectivity index (χ2v) is 6.96. The van der Waals surface area contributed by atoms with Crippen LogP contribution in [0.15, 0.2) is 0 Å². The third kappa shape index (κ3) is 3.43. The maximum atomic E-state index is 5.81. The van der Waals surface area contributed by atoms with Gasteiger partial charge in [-0.05, 0) is 56.7 Å². The SMILES string of the molecule is CN1CCC(C(C)(C)CNCC2CC(N)C2)C1. The van der Waals surface area contributed by atoms with Crippen molar-refractivity contribution in [2.45, 2.75) is 39.2 Å². The first-order valence-electron chi connectivity index (χ1n) is 7.12. The van der Waals surface area contributed by atoms with Gasteiger partial charge in [0.05, 0.1) is 0 Å². The van der Waals surface area contributed by atoms with Gasteiger partial charge in [-0.15, -0.1) is 0 Å². The molecule has 3 heteroatoms. The lowest BCUT2D eigenvalue weighted by Crippen LogP contribution is -2.44. The highest BCUT2D eigenvalue weighted by atomic mass is 15.1. The second kappa shape index (κ2) is 5.25. The van der Waals surface area contributed by atoms with Crippen LogP contribution in [0.25, 0.3) is 0 Å². The van der Waals surface area contributed by atoms with E-state index in [0.717, 1.165) is 18.4 Å². The van der Waals surface area contributed by atoms with Crippen LogP contribution in [0, 0.1) is 17.3 Å². The molecule has 3 N–H and O–H groups in total. The molecule has 100 valence electrons. The van der Waals surface area contributed by atoms with Crippen molar-refractivity contribution >= 4 is 0 Å². The molecule has 0 aromatic rings. The van der Waals surface area contributed by atoms with Crippen LogP contribution in [0.3, 0.4) is 0 Å². The van der Waals surface area contributed by atoms with Crippen LogP contribution in [0.2, 0.25) is 0 Å². The molecule has 2 aliphatic rings. The van der Waals surface area contributed by atoms with Crippen LogP contribution in [-0.2, 0) is 0 Å². The third-order valence-electron chi connectivity index (χ3n) is 4.78. The molecule has 1 saturated heterocycles. The van der Waals surface area contributed by atoms with Crippen molar-refractivity contribution in [2.75, 3.05) is 33.2 Å². The van der Waals surface area contributed by atoms with Crippen LogP contribution in [-0.4, -0.2) is 44.2 Å². The van der Waals surface area contributed by atoms with Crippen LogP contribution >= 0.6 is 0 Å². The van der Waals surface area contributed by atoms with Crippen LogP contribution in [0.5, 0.6) is 0 Å². The molecule has 0 aromatic heterocycles. The van der Waals surface area contributed by atoms with Crippen molar-refractivity contribution in [1.29, 1.82) is 0 Å². The number of rotatable bonds is 5. The molecule has 1 saturated carbocycles. The fourth-order valence-electron chi connectivity index (χ4n) is 3.27. The molecule has 1 heterocycles. The molecular weight excluding hydrogens is 210 g/mol. The van der Waals surface area contributed by atoms with Gasteiger partial charge in [0.25, 0.3) is 0 Å². The molecule has 17 heavy (non-hydrogen) atoms. The highest BCUT2D eigenvalue weighted by molar-refractivity contribution is 4.88. The number of nitrogens with one attached hydrogen (secondary N) is 1. The van der Waals surface area contributed by atoms with E-state index in [1.54, 1.807) is 0 Å². The first kappa shape index (κ1) is 13.3. The monoisotopic (exact) mass is 239 g/mol. The largest absolute Gasteiger partial charge is 0.328 e. The zero-order valence-electron chi connectivity index (χ0n) is 11.7. The summed E-state index contributed by atoms with van der Waals surface area (Å²) in [5.74, 6) is 1.69. The smallest absolute Gasteiger partial charge is 0.00450 e. The quantitative estimate of drug-likeness (QED) is 0.759. The van der Waals surface area contributed by atoms with E-state index in [0.29, 0.717) is 11.5 Å². The topological polar surface area (TPSA) is 41.3 Å². The van der Waals surface area contributed by atoms with E-state index in [-0.39, 0.29) is 0 Å². The Morgan fingerprint density at radius 3 is 2.59 bits per heavy atom. The molecule has 1 aliphatic heterocycles. The van der Waals surface area contributed by atoms with Crippen molar-refractivity contribution in [2.24, 2.45) is 23.0 Å². The van der Waals surface area contributed by atoms with Gasteiger partial charge in [0.1, 0.15) is 0 Å². The summed E-state index contributed by atoms with van der Waals surface area (Å²) in [6.45, 7) is 9.68.